The van der Waals surface area contributed by atoms with Gasteiger partial charge in [0.2, 0.25) is 0 Å². The summed E-state index contributed by atoms with van der Waals surface area (Å²) in [5, 5.41) is 27.3. The van der Waals surface area contributed by atoms with Crippen molar-refractivity contribution in [1.82, 2.24) is 43.7 Å². The number of ether oxygens (including phenoxy) is 4. The fourth-order valence-corrected chi connectivity index (χ4v) is 19.6. The van der Waals surface area contributed by atoms with Crippen LogP contribution in [0.4, 0.5) is 11.6 Å². The number of aryl methyl sites for hydroxylation is 4. The molecular formula is C99H123N12O11PSi2. The van der Waals surface area contributed by atoms with Gasteiger partial charge in [0.1, 0.15) is 60.5 Å². The molecule has 0 spiro atoms. The SMILES string of the molecule is C.C.Cc1ccc(C(OC[C@H]2O[C@@H](n3cnc4c(NC(=O)c5ccccc5)ncnc43)C(O)[C@H]2O[Si](C)(C)C(C)(C)C)(c2ccccc2)c2ccc(C)cc2)cc1.Cc1ccc(C(OC[C@H]2O[C@@H](n3cnc4c(NC(=O)c5ccccc5)ncnc43)C(OP(OCCC#N)N(C(C)C)C(C)C)[C@H]2O[Si](C)(C)C(C)(C)C)(c2ccccc2)c2ccc(C)cc2)cc1. The van der Waals surface area contributed by atoms with Crippen LogP contribution in [0.3, 0.4) is 0 Å². The number of amides is 2. The smallest absolute Gasteiger partial charge is 0.259 e. The highest BCUT2D eigenvalue weighted by Crippen LogP contribution is 2.54. The second kappa shape index (κ2) is 40.6. The molecule has 6 heterocycles. The number of nitriles is 1. The third-order valence-corrected chi connectivity index (χ3v) is 34.9. The molecule has 0 saturated carbocycles. The molecule has 0 bridgehead atoms. The number of benzene rings is 8. The maximum atomic E-state index is 13.5. The largest absolute Gasteiger partial charge is 0.408 e. The summed E-state index contributed by atoms with van der Waals surface area (Å²) in [6.07, 6.45) is -0.400. The van der Waals surface area contributed by atoms with Crippen LogP contribution in [-0.4, -0.2) is 146 Å². The zero-order valence-corrected chi connectivity index (χ0v) is 76.5. The molecular weight excluding hydrogens is 1620 g/mol. The molecule has 3 N–H and O–H groups in total. The van der Waals surface area contributed by atoms with Crippen molar-refractivity contribution in [2.24, 2.45) is 0 Å². The molecule has 23 nitrogen and oxygen atoms in total. The second-order valence-electron chi connectivity index (χ2n) is 35.3. The number of nitrogens with zero attached hydrogens (tertiary/aromatic N) is 10. The van der Waals surface area contributed by atoms with Gasteiger partial charge < -0.3 is 52.6 Å². The Morgan fingerprint density at radius 2 is 0.824 bits per heavy atom. The Labute approximate surface area is 740 Å². The summed E-state index contributed by atoms with van der Waals surface area (Å²) in [6, 6.07) is 74.5. The molecule has 2 amide bonds. The van der Waals surface area contributed by atoms with E-state index < -0.39 is 85.4 Å². The van der Waals surface area contributed by atoms with Crippen LogP contribution < -0.4 is 10.6 Å². The number of fused-ring (bicyclic) bond motifs is 2. The molecule has 125 heavy (non-hydrogen) atoms. The van der Waals surface area contributed by atoms with Gasteiger partial charge in [-0.25, -0.2) is 34.6 Å². The molecule has 2 saturated heterocycles. The number of imidazole rings is 2. The number of hydrogen-bond acceptors (Lipinski definition) is 19. The summed E-state index contributed by atoms with van der Waals surface area (Å²) in [5.41, 5.74) is 10.8. The third-order valence-electron chi connectivity index (χ3n) is 23.9. The Morgan fingerprint density at radius 1 is 0.488 bits per heavy atom. The first-order chi connectivity index (χ1) is 58.7. The van der Waals surface area contributed by atoms with E-state index >= 15 is 0 Å². The van der Waals surface area contributed by atoms with Gasteiger partial charge in [-0.05, 0) is 149 Å². The van der Waals surface area contributed by atoms with Gasteiger partial charge in [-0.15, -0.1) is 0 Å². The van der Waals surface area contributed by atoms with Crippen molar-refractivity contribution in [1.29, 1.82) is 5.26 Å². The Hall–Kier alpha value is -10.2. The van der Waals surface area contributed by atoms with Crippen LogP contribution in [-0.2, 0) is 48.0 Å². The van der Waals surface area contributed by atoms with E-state index in [2.05, 4.69) is 286 Å². The van der Waals surface area contributed by atoms with Gasteiger partial charge in [0.05, 0.1) is 45.0 Å². The Balaban J connectivity index is 0.000000244. The molecule has 26 heteroatoms. The fourth-order valence-electron chi connectivity index (χ4n) is 15.2. The molecule has 0 radical (unpaired) electrons. The normalized spacial score (nSPS) is 18.4. The van der Waals surface area contributed by atoms with E-state index in [9.17, 15) is 20.0 Å². The van der Waals surface area contributed by atoms with Crippen LogP contribution in [0.2, 0.25) is 36.3 Å². The number of aliphatic hydroxyl groups is 1. The zero-order valence-electron chi connectivity index (χ0n) is 73.6. The van der Waals surface area contributed by atoms with Crippen molar-refractivity contribution in [2.45, 2.75) is 227 Å². The number of nitrogens with one attached hydrogen (secondary N) is 2. The highest BCUT2D eigenvalue weighted by Gasteiger charge is 2.56. The number of carbonyl (C=O) groups is 2. The summed E-state index contributed by atoms with van der Waals surface area (Å²) in [7, 11) is -6.88. The number of anilines is 2. The second-order valence-corrected chi connectivity index (χ2v) is 46.3. The molecule has 8 aromatic carbocycles. The Bertz CT molecular complexity index is 5460. The minimum atomic E-state index is -2.62. The van der Waals surface area contributed by atoms with Crippen molar-refractivity contribution in [3.63, 3.8) is 0 Å². The molecule has 658 valence electrons. The minimum absolute atomic E-state index is 0. The lowest BCUT2D eigenvalue weighted by molar-refractivity contribution is -0.0930. The first-order valence-electron chi connectivity index (χ1n) is 42.1. The van der Waals surface area contributed by atoms with Crippen LogP contribution in [0.25, 0.3) is 22.3 Å². The van der Waals surface area contributed by atoms with Gasteiger partial charge in [-0.1, -0.05) is 273 Å². The predicted octanol–water partition coefficient (Wildman–Crippen LogP) is 21.3. The average molecular weight is 1740 g/mol. The molecule has 9 atom stereocenters. The van der Waals surface area contributed by atoms with E-state index in [1.54, 1.807) is 53.6 Å². The standard InChI is InChI=1S/C53H66N7O6PSi.C44H49N5O5Si.2CH4/c1-36(2)60(37(3)4)67(63-32-18-31-54)65-47-46(66-68(10,11)52(7,8)9)44(64-51(47)59-35-57-45-48(55-34-56-49(45)59)58-50(61)40-19-14-12-15-20-40)33-62-53(41-21-16-13-17-22-41,42-27-23-38(5)24-28-42)43-29-25-39(6)26-30-43;1-29-18-22-33(23-19-29)44(32-16-12-9-13-17-32,34-24-20-30(2)21-25-34)52-26-35-38(54-55(6,7)43(3,4)5)37(50)42(53-35)49-28-47-36-39(45-27-46-40(36)49)48-41(51)31-14-10-8-11-15-31;;/h12-17,19-30,34-37,44,46-47,51H,18,32-33H2,1-11H3,(H,55,56,58,61);8-25,27-28,35,37-38,42,50H,26H2,1-7H3,(H,45,46,48,51);2*1H4/t44-,46+,47?,51-,67?;35-,37?,38+,42-;;/m11../s1. The van der Waals surface area contributed by atoms with Gasteiger partial charge >= 0.3 is 0 Å². The van der Waals surface area contributed by atoms with Crippen molar-refractivity contribution in [3.8, 4) is 6.07 Å². The summed E-state index contributed by atoms with van der Waals surface area (Å²) in [6.45, 7) is 39.0. The predicted molar refractivity (Wildman–Crippen MR) is 500 cm³/mol. The molecule has 14 rings (SSSR count). The molecule has 2 aliphatic heterocycles. The summed E-state index contributed by atoms with van der Waals surface area (Å²) in [5.74, 6) is -0.145. The summed E-state index contributed by atoms with van der Waals surface area (Å²) >= 11 is 0. The highest BCUT2D eigenvalue weighted by molar-refractivity contribution is 7.44. The summed E-state index contributed by atoms with van der Waals surface area (Å²) in [4.78, 5) is 54.0. The van der Waals surface area contributed by atoms with E-state index in [4.69, 9.17) is 46.8 Å². The molecule has 3 unspecified atom stereocenters. The molecule has 4 aromatic heterocycles. The van der Waals surface area contributed by atoms with Gasteiger partial charge in [0.25, 0.3) is 20.3 Å². The van der Waals surface area contributed by atoms with Gasteiger partial charge in [-0.3, -0.25) is 18.7 Å². The Morgan fingerprint density at radius 3 is 1.18 bits per heavy atom. The lowest BCUT2D eigenvalue weighted by Gasteiger charge is -2.43. The first-order valence-corrected chi connectivity index (χ1v) is 49.0. The van der Waals surface area contributed by atoms with Crippen LogP contribution in [0, 0.1) is 39.0 Å². The topological polar surface area (TPSA) is 266 Å². The highest BCUT2D eigenvalue weighted by atomic mass is 31.2. The average Bonchev–Trinajstić information content (AvgIpc) is 1.73. The van der Waals surface area contributed by atoms with Crippen molar-refractivity contribution < 1.29 is 51.5 Å². The Kier molecular flexibility index (Phi) is 31.0. The van der Waals surface area contributed by atoms with E-state index in [0.29, 0.717) is 33.5 Å². The number of carbonyl (C=O) groups excluding carboxylic acids is 2. The zero-order chi connectivity index (χ0) is 87.8. The number of aromatic nitrogens is 8. The monoisotopic (exact) mass is 1740 g/mol. The van der Waals surface area contributed by atoms with Crippen molar-refractivity contribution in [2.75, 3.05) is 30.5 Å². The number of rotatable bonds is 30. The number of aliphatic hydroxyl groups excluding tert-OH is 1. The van der Waals surface area contributed by atoms with Gasteiger partial charge in [-0.2, -0.15) is 5.26 Å². The van der Waals surface area contributed by atoms with E-state index in [1.165, 1.54) is 12.7 Å². The van der Waals surface area contributed by atoms with Gasteiger partial charge in [0.15, 0.2) is 63.1 Å². The van der Waals surface area contributed by atoms with E-state index in [1.807, 2.05) is 65.2 Å². The van der Waals surface area contributed by atoms with Crippen LogP contribution in [0.5, 0.6) is 0 Å². The van der Waals surface area contributed by atoms with E-state index in [0.717, 1.165) is 55.6 Å². The number of hydrogen-bond donors (Lipinski definition) is 3. The van der Waals surface area contributed by atoms with Crippen LogP contribution in [0.15, 0.2) is 244 Å². The van der Waals surface area contributed by atoms with Gasteiger partial charge in [0, 0.05) is 23.2 Å². The van der Waals surface area contributed by atoms with Crippen molar-refractivity contribution in [3.05, 3.63) is 310 Å². The molecule has 2 fully saturated rings. The van der Waals surface area contributed by atoms with Crippen molar-refractivity contribution >= 4 is 70.9 Å². The fraction of sp³-hybridized carbons (Fsp3) is 0.384. The van der Waals surface area contributed by atoms with Crippen LogP contribution >= 0.6 is 8.53 Å². The first kappa shape index (κ1) is 95.4. The summed E-state index contributed by atoms with van der Waals surface area (Å²) < 4.78 is 63.4. The quantitative estimate of drug-likeness (QED) is 0.0163. The maximum absolute atomic E-state index is 13.5. The maximum Gasteiger partial charge on any atom is 0.259 e. The molecule has 12 aromatic rings. The lowest BCUT2D eigenvalue weighted by Crippen LogP contribution is -2.51. The molecule has 2 aliphatic rings. The lowest BCUT2D eigenvalue weighted by atomic mass is 9.79. The van der Waals surface area contributed by atoms with Crippen LogP contribution in [0.1, 0.15) is 179 Å². The molecule has 0 aliphatic carbocycles. The third kappa shape index (κ3) is 20.9. The van der Waals surface area contributed by atoms with E-state index in [-0.39, 0.29) is 86.7 Å². The minimum Gasteiger partial charge on any atom is -0.408 e.